The van der Waals surface area contributed by atoms with Crippen LogP contribution in [-0.2, 0) is 40.6 Å². The van der Waals surface area contributed by atoms with Crippen LogP contribution in [0.3, 0.4) is 0 Å². The zero-order valence-electron chi connectivity index (χ0n) is 33.0. The fraction of sp³-hybridized carbons (Fsp3) is 0.579. The van der Waals surface area contributed by atoms with Crippen molar-refractivity contribution in [2.24, 2.45) is 0 Å². The molecule has 0 bridgehead atoms. The van der Waals surface area contributed by atoms with Gasteiger partial charge in [0.05, 0.1) is 11.2 Å². The highest BCUT2D eigenvalue weighted by atomic mass is 28.3. The van der Waals surface area contributed by atoms with Crippen LogP contribution in [0.1, 0.15) is 18.2 Å². The lowest BCUT2D eigenvalue weighted by atomic mass is 9.96. The Hall–Kier alpha value is -2.66. The molecule has 0 aliphatic heterocycles. The number of fused-ring (bicyclic) bond motifs is 1. The smallest absolute Gasteiger partial charge is 0.189 e. The monoisotopic (exact) mass is 755 g/mol. The molecule has 0 unspecified atom stereocenters. The summed E-state index contributed by atoms with van der Waals surface area (Å²) in [6.45, 7) is 26.5. The summed E-state index contributed by atoms with van der Waals surface area (Å²) in [5.41, 5.74) is 5.30. The Labute approximate surface area is 308 Å². The molecule has 2 aromatic carbocycles. The second-order valence-corrected chi connectivity index (χ2v) is 34.0. The number of nitrogens with zero attached hydrogens (tertiary/aromatic N) is 4. The summed E-state index contributed by atoms with van der Waals surface area (Å²) in [6.07, 6.45) is 2.76. The predicted molar refractivity (Wildman–Crippen MR) is 216 cm³/mol. The van der Waals surface area contributed by atoms with Crippen molar-refractivity contribution in [2.75, 3.05) is 33.7 Å². The zero-order chi connectivity index (χ0) is 37.4. The van der Waals surface area contributed by atoms with E-state index >= 15 is 4.39 Å². The highest BCUT2D eigenvalue weighted by Crippen LogP contribution is 2.35. The summed E-state index contributed by atoms with van der Waals surface area (Å²) in [5.74, 6) is 0.554. The summed E-state index contributed by atoms with van der Waals surface area (Å²) in [7, 11) is -1.79. The summed E-state index contributed by atoms with van der Waals surface area (Å²) < 4.78 is 43.4. The number of aryl methyl sites for hydroxylation is 1. The molecule has 4 rings (SSSR count). The molecule has 13 heteroatoms. The normalized spacial score (nSPS) is 12.7. The Bertz CT molecular complexity index is 1720. The lowest BCUT2D eigenvalue weighted by Crippen LogP contribution is -2.22. The first-order chi connectivity index (χ1) is 24.0. The molecule has 0 aliphatic rings. The molecule has 1 N–H and O–H groups in total. The topological polar surface area (TPSA) is 84.6 Å². The van der Waals surface area contributed by atoms with Crippen molar-refractivity contribution >= 4 is 35.1 Å². The molecule has 2 heterocycles. The number of aromatic nitrogens is 4. The van der Waals surface area contributed by atoms with Gasteiger partial charge >= 0.3 is 0 Å². The molecule has 51 heavy (non-hydrogen) atoms. The highest BCUT2D eigenvalue weighted by molar-refractivity contribution is 6.76. The first kappa shape index (κ1) is 41.1. The second kappa shape index (κ2) is 17.9. The van der Waals surface area contributed by atoms with Gasteiger partial charge in [0.15, 0.2) is 24.2 Å². The van der Waals surface area contributed by atoms with Crippen LogP contribution in [0.15, 0.2) is 36.5 Å². The first-order valence-electron chi connectivity index (χ1n) is 18.4. The molecular weight excluding hydrogens is 694 g/mol. The van der Waals surface area contributed by atoms with Crippen molar-refractivity contribution in [3.63, 3.8) is 0 Å². The Morgan fingerprint density at radius 2 is 1.43 bits per heavy atom. The molecule has 0 aliphatic carbocycles. The fourth-order valence-electron chi connectivity index (χ4n) is 5.51. The molecule has 282 valence electrons. The van der Waals surface area contributed by atoms with Crippen molar-refractivity contribution in [2.45, 2.75) is 110 Å². The van der Waals surface area contributed by atoms with E-state index in [1.807, 2.05) is 24.0 Å². The Morgan fingerprint density at radius 3 is 2.04 bits per heavy atom. The Kier molecular flexibility index (Phi) is 14.4. The number of benzene rings is 2. The van der Waals surface area contributed by atoms with Gasteiger partial charge in [0.2, 0.25) is 0 Å². The largest absolute Gasteiger partial charge is 0.464 e. The van der Waals surface area contributed by atoms with Gasteiger partial charge in [-0.2, -0.15) is 5.10 Å². The number of hydrogen-bond acceptors (Lipinski definition) is 7. The molecule has 9 nitrogen and oxygen atoms in total. The number of nitrogens with one attached hydrogen (secondary N) is 1. The molecule has 2 aromatic heterocycles. The molecule has 0 fully saturated rings. The summed E-state index contributed by atoms with van der Waals surface area (Å²) in [6, 6.07) is 12.8. The number of hydrogen-bond donors (Lipinski definition) is 1. The van der Waals surface area contributed by atoms with Gasteiger partial charge in [0, 0.05) is 62.2 Å². The van der Waals surface area contributed by atoms with E-state index < -0.39 is 30.0 Å². The third-order valence-corrected chi connectivity index (χ3v) is 13.8. The molecule has 0 saturated heterocycles. The van der Waals surface area contributed by atoms with Gasteiger partial charge in [0.1, 0.15) is 19.2 Å². The maximum atomic E-state index is 15.5. The minimum atomic E-state index is -1.27. The maximum absolute atomic E-state index is 15.5. The first-order valence-corrected chi connectivity index (χ1v) is 29.5. The minimum absolute atomic E-state index is 0.0324. The van der Waals surface area contributed by atoms with E-state index in [-0.39, 0.29) is 12.5 Å². The number of imidazole rings is 1. The van der Waals surface area contributed by atoms with Gasteiger partial charge in [0.25, 0.3) is 0 Å². The molecule has 0 radical (unpaired) electrons. The Balaban J connectivity index is 1.69. The van der Waals surface area contributed by atoms with Crippen LogP contribution in [0.2, 0.25) is 77.1 Å². The van der Waals surface area contributed by atoms with Crippen LogP contribution < -0.4 is 10.1 Å². The third-order valence-electron chi connectivity index (χ3n) is 8.73. The van der Waals surface area contributed by atoms with Crippen molar-refractivity contribution in [1.29, 1.82) is 0 Å². The SMILES string of the molecule is CCc1cc(OCOCC[Si](C)(C)C)c(F)cc1-c1ccc2c(-c3nc(CNC)cn3COCC[Si](C)(C)C)nn(COCC[Si](C)(C)C)c2c1. The third kappa shape index (κ3) is 12.5. The van der Waals surface area contributed by atoms with Crippen molar-refractivity contribution in [3.05, 3.63) is 53.6 Å². The highest BCUT2D eigenvalue weighted by Gasteiger charge is 2.22. The summed E-state index contributed by atoms with van der Waals surface area (Å²) in [4.78, 5) is 5.01. The maximum Gasteiger partial charge on any atom is 0.189 e. The van der Waals surface area contributed by atoms with Crippen LogP contribution in [-0.4, -0.2) is 77.2 Å². The molecule has 0 saturated carbocycles. The summed E-state index contributed by atoms with van der Waals surface area (Å²) >= 11 is 0. The van der Waals surface area contributed by atoms with Crippen LogP contribution in [0, 0.1) is 5.82 Å². The average Bonchev–Trinajstić information content (AvgIpc) is 3.60. The zero-order valence-corrected chi connectivity index (χ0v) is 36.0. The molecule has 0 spiro atoms. The number of halogens is 1. The fourth-order valence-corrected chi connectivity index (χ4v) is 7.78. The molecular formula is C38H62FN5O4Si3. The van der Waals surface area contributed by atoms with Gasteiger partial charge in [-0.15, -0.1) is 0 Å². The van der Waals surface area contributed by atoms with Gasteiger partial charge in [-0.1, -0.05) is 71.9 Å². The predicted octanol–water partition coefficient (Wildman–Crippen LogP) is 9.30. The standard InChI is InChI=1S/C38H62FN5O4Si3/c1-12-29-22-36(48-28-47-17-20-51(9,10)11)34(39)23-33(29)30-13-14-32-35(21-30)44(27-46-16-19-50(6,7)8)42-37(32)38-41-31(24-40-2)25-43(38)26-45-15-18-49(3,4)5/h13-14,21-23,25,40H,12,15-20,24,26-28H2,1-11H3. The van der Waals surface area contributed by atoms with E-state index in [2.05, 4.69) is 87.9 Å². The van der Waals surface area contributed by atoms with E-state index in [9.17, 15) is 0 Å². The van der Waals surface area contributed by atoms with Crippen molar-refractivity contribution in [1.82, 2.24) is 24.6 Å². The average molecular weight is 756 g/mol. The quantitative estimate of drug-likeness (QED) is 0.0516. The van der Waals surface area contributed by atoms with Gasteiger partial charge in [-0.25, -0.2) is 14.1 Å². The number of rotatable bonds is 21. The second-order valence-electron chi connectivity index (χ2n) is 17.1. The van der Waals surface area contributed by atoms with Crippen molar-refractivity contribution in [3.8, 4) is 28.4 Å². The van der Waals surface area contributed by atoms with E-state index in [0.717, 1.165) is 62.9 Å². The molecule has 0 amide bonds. The van der Waals surface area contributed by atoms with Gasteiger partial charge < -0.3 is 28.8 Å². The van der Waals surface area contributed by atoms with Crippen LogP contribution in [0.4, 0.5) is 4.39 Å². The van der Waals surface area contributed by atoms with Crippen LogP contribution in [0.25, 0.3) is 33.5 Å². The van der Waals surface area contributed by atoms with E-state index in [4.69, 9.17) is 29.0 Å². The Morgan fingerprint density at radius 1 is 0.804 bits per heavy atom. The van der Waals surface area contributed by atoms with E-state index in [1.54, 1.807) is 12.1 Å². The summed E-state index contributed by atoms with van der Waals surface area (Å²) in [5, 5.41) is 9.28. The van der Waals surface area contributed by atoms with E-state index in [0.29, 0.717) is 46.2 Å². The van der Waals surface area contributed by atoms with Crippen LogP contribution >= 0.6 is 0 Å². The van der Waals surface area contributed by atoms with E-state index in [1.165, 1.54) is 0 Å². The number of ether oxygens (including phenoxy) is 4. The molecule has 4 aromatic rings. The molecule has 0 atom stereocenters. The lowest BCUT2D eigenvalue weighted by molar-refractivity contribution is 0.0197. The van der Waals surface area contributed by atoms with Gasteiger partial charge in [-0.05, 0) is 72.6 Å². The van der Waals surface area contributed by atoms with Crippen molar-refractivity contribution < 1.29 is 23.3 Å². The van der Waals surface area contributed by atoms with Crippen LogP contribution in [0.5, 0.6) is 5.75 Å². The van der Waals surface area contributed by atoms with Gasteiger partial charge in [-0.3, -0.25) is 0 Å². The lowest BCUT2D eigenvalue weighted by Gasteiger charge is -2.16. The minimum Gasteiger partial charge on any atom is -0.464 e.